The van der Waals surface area contributed by atoms with Gasteiger partial charge in [-0.3, -0.25) is 9.59 Å². The van der Waals surface area contributed by atoms with Gasteiger partial charge >= 0.3 is 5.97 Å². The van der Waals surface area contributed by atoms with Crippen LogP contribution in [0.15, 0.2) is 9.72 Å². The van der Waals surface area contributed by atoms with Crippen LogP contribution in [0.3, 0.4) is 0 Å². The minimum absolute atomic E-state index is 0.128. The molecule has 1 heterocycles. The highest BCUT2D eigenvalue weighted by molar-refractivity contribution is 8.01. The molecule has 0 bridgehead atoms. The van der Waals surface area contributed by atoms with Crippen LogP contribution in [0.5, 0.6) is 0 Å². The second-order valence-electron chi connectivity index (χ2n) is 3.06. The number of carbonyl (C=O) groups excluding carboxylic acids is 2. The van der Waals surface area contributed by atoms with Crippen LogP contribution in [0.4, 0.5) is 0 Å². The van der Waals surface area contributed by atoms with Crippen molar-refractivity contribution in [1.29, 1.82) is 0 Å². The predicted octanol–water partition coefficient (Wildman–Crippen LogP) is 2.07. The van der Waals surface area contributed by atoms with Gasteiger partial charge in [0.05, 0.1) is 12.4 Å². The Balaban J connectivity index is 2.27. The van der Waals surface area contributed by atoms with E-state index in [9.17, 15) is 9.59 Å². The number of aryl methyl sites for hydroxylation is 1. The topological polar surface area (TPSA) is 56.3 Å². The number of hydrogen-bond acceptors (Lipinski definition) is 6. The van der Waals surface area contributed by atoms with E-state index in [1.165, 1.54) is 23.1 Å². The number of aromatic nitrogens is 1. The second-order valence-corrected chi connectivity index (χ2v) is 5.14. The van der Waals surface area contributed by atoms with Gasteiger partial charge in [-0.1, -0.05) is 11.8 Å². The first-order valence-corrected chi connectivity index (χ1v) is 6.70. The SMILES string of the molecule is CCOC(=O)CC(=O)CSc1nc(C)cs1. The van der Waals surface area contributed by atoms with Crippen molar-refractivity contribution < 1.29 is 14.3 Å². The van der Waals surface area contributed by atoms with E-state index in [0.29, 0.717) is 6.61 Å². The third kappa shape index (κ3) is 4.76. The van der Waals surface area contributed by atoms with Gasteiger partial charge in [0, 0.05) is 11.1 Å². The quantitative estimate of drug-likeness (QED) is 0.444. The Bertz CT molecular complexity index is 376. The van der Waals surface area contributed by atoms with Gasteiger partial charge in [0.25, 0.3) is 0 Å². The molecule has 16 heavy (non-hydrogen) atoms. The highest BCUT2D eigenvalue weighted by Crippen LogP contribution is 2.22. The number of thiazole rings is 1. The molecule has 0 fully saturated rings. The molecule has 0 N–H and O–H groups in total. The van der Waals surface area contributed by atoms with Gasteiger partial charge in [-0.15, -0.1) is 11.3 Å². The molecule has 0 saturated heterocycles. The first-order valence-electron chi connectivity index (χ1n) is 4.84. The lowest BCUT2D eigenvalue weighted by Gasteiger charge is -2.00. The lowest BCUT2D eigenvalue weighted by molar-refractivity contribution is -0.145. The molecule has 4 nitrogen and oxygen atoms in total. The molecule has 88 valence electrons. The van der Waals surface area contributed by atoms with Crippen molar-refractivity contribution in [3.63, 3.8) is 0 Å². The number of carbonyl (C=O) groups is 2. The van der Waals surface area contributed by atoms with Crippen LogP contribution < -0.4 is 0 Å². The summed E-state index contributed by atoms with van der Waals surface area (Å²) >= 11 is 2.86. The molecule has 1 rings (SSSR count). The van der Waals surface area contributed by atoms with E-state index in [-0.39, 0.29) is 18.0 Å². The zero-order valence-corrected chi connectivity index (χ0v) is 10.8. The summed E-state index contributed by atoms with van der Waals surface area (Å²) in [6, 6.07) is 0. The van der Waals surface area contributed by atoms with Crippen LogP contribution in [-0.2, 0) is 14.3 Å². The largest absolute Gasteiger partial charge is 0.466 e. The summed E-state index contributed by atoms with van der Waals surface area (Å²) in [5.74, 6) is -0.314. The van der Waals surface area contributed by atoms with Gasteiger partial charge in [0.2, 0.25) is 0 Å². The molecule has 0 unspecified atom stereocenters. The van der Waals surface area contributed by atoms with Crippen LogP contribution in [0, 0.1) is 6.92 Å². The van der Waals surface area contributed by atoms with Crippen LogP contribution in [0.25, 0.3) is 0 Å². The predicted molar refractivity (Wildman–Crippen MR) is 63.8 cm³/mol. The molecule has 0 aliphatic rings. The Morgan fingerprint density at radius 2 is 2.31 bits per heavy atom. The number of rotatable bonds is 6. The maximum absolute atomic E-state index is 11.4. The summed E-state index contributed by atoms with van der Waals surface area (Å²) in [5.41, 5.74) is 0.949. The van der Waals surface area contributed by atoms with Gasteiger partial charge in [0.15, 0.2) is 10.1 Å². The molecule has 0 aliphatic carbocycles. The zero-order chi connectivity index (χ0) is 12.0. The number of hydrogen-bond donors (Lipinski definition) is 0. The third-order valence-corrected chi connectivity index (χ3v) is 3.80. The molecule has 0 spiro atoms. The molecule has 6 heteroatoms. The molecule has 0 saturated carbocycles. The number of esters is 1. The lowest BCUT2D eigenvalue weighted by atomic mass is 10.3. The summed E-state index contributed by atoms with van der Waals surface area (Å²) in [5, 5.41) is 1.93. The summed E-state index contributed by atoms with van der Waals surface area (Å²) < 4.78 is 5.54. The number of ketones is 1. The third-order valence-electron chi connectivity index (χ3n) is 1.60. The lowest BCUT2D eigenvalue weighted by Crippen LogP contribution is -2.12. The summed E-state index contributed by atoms with van der Waals surface area (Å²) in [6.07, 6.45) is -0.148. The molecule has 0 atom stereocenters. The first-order chi connectivity index (χ1) is 7.61. The average molecular weight is 259 g/mol. The fraction of sp³-hybridized carbons (Fsp3) is 0.500. The smallest absolute Gasteiger partial charge is 0.313 e. The average Bonchev–Trinajstić information content (AvgIpc) is 2.61. The van der Waals surface area contributed by atoms with Gasteiger partial charge in [-0.05, 0) is 13.8 Å². The minimum Gasteiger partial charge on any atom is -0.466 e. The van der Waals surface area contributed by atoms with E-state index in [0.717, 1.165) is 10.0 Å². The number of nitrogens with zero attached hydrogens (tertiary/aromatic N) is 1. The fourth-order valence-corrected chi connectivity index (χ4v) is 2.67. The Kier molecular flexibility index (Phi) is 5.48. The van der Waals surface area contributed by atoms with Crippen molar-refractivity contribution in [2.45, 2.75) is 24.6 Å². The van der Waals surface area contributed by atoms with Crippen molar-refractivity contribution in [2.24, 2.45) is 0 Å². The monoisotopic (exact) mass is 259 g/mol. The Hall–Kier alpha value is -0.880. The minimum atomic E-state index is -0.455. The van der Waals surface area contributed by atoms with E-state index in [1.807, 2.05) is 12.3 Å². The fourth-order valence-electron chi connectivity index (χ4n) is 0.965. The Morgan fingerprint density at radius 3 is 2.88 bits per heavy atom. The van der Waals surface area contributed by atoms with E-state index in [1.54, 1.807) is 6.92 Å². The van der Waals surface area contributed by atoms with Crippen molar-refractivity contribution in [1.82, 2.24) is 4.98 Å². The summed E-state index contributed by atoms with van der Waals surface area (Å²) in [4.78, 5) is 26.6. The van der Waals surface area contributed by atoms with Crippen molar-refractivity contribution in [2.75, 3.05) is 12.4 Å². The summed E-state index contributed by atoms with van der Waals surface area (Å²) in [7, 11) is 0. The molecule has 0 aromatic carbocycles. The highest BCUT2D eigenvalue weighted by atomic mass is 32.2. The maximum Gasteiger partial charge on any atom is 0.313 e. The Labute approximate surface area is 102 Å². The molecule has 0 aliphatic heterocycles. The molecule has 1 aromatic rings. The molecular weight excluding hydrogens is 246 g/mol. The van der Waals surface area contributed by atoms with Gasteiger partial charge in [-0.25, -0.2) is 4.98 Å². The van der Waals surface area contributed by atoms with Crippen molar-refractivity contribution in [3.8, 4) is 0 Å². The standard InChI is InChI=1S/C10H13NO3S2/c1-3-14-9(13)4-8(12)6-16-10-11-7(2)5-15-10/h5H,3-4,6H2,1-2H3. The van der Waals surface area contributed by atoms with E-state index >= 15 is 0 Å². The van der Waals surface area contributed by atoms with Crippen LogP contribution in [0.2, 0.25) is 0 Å². The molecule has 1 aromatic heterocycles. The van der Waals surface area contributed by atoms with Gasteiger partial charge < -0.3 is 4.74 Å². The molecule has 0 amide bonds. The van der Waals surface area contributed by atoms with E-state index in [2.05, 4.69) is 9.72 Å². The van der Waals surface area contributed by atoms with Crippen molar-refractivity contribution >= 4 is 34.9 Å². The van der Waals surface area contributed by atoms with Crippen LogP contribution >= 0.6 is 23.1 Å². The van der Waals surface area contributed by atoms with Gasteiger partial charge in [0.1, 0.15) is 6.42 Å². The van der Waals surface area contributed by atoms with Crippen LogP contribution in [-0.4, -0.2) is 29.1 Å². The van der Waals surface area contributed by atoms with Crippen molar-refractivity contribution in [3.05, 3.63) is 11.1 Å². The number of thioether (sulfide) groups is 1. The zero-order valence-electron chi connectivity index (χ0n) is 9.19. The van der Waals surface area contributed by atoms with Crippen LogP contribution in [0.1, 0.15) is 19.0 Å². The highest BCUT2D eigenvalue weighted by Gasteiger charge is 2.11. The molecule has 0 radical (unpaired) electrons. The normalized spacial score (nSPS) is 10.1. The first kappa shape index (κ1) is 13.2. The second kappa shape index (κ2) is 6.65. The number of Topliss-reactive ketones (excluding diaryl/α,β-unsaturated/α-hetero) is 1. The van der Waals surface area contributed by atoms with E-state index < -0.39 is 5.97 Å². The molecular formula is C10H13NO3S2. The van der Waals surface area contributed by atoms with Gasteiger partial charge in [-0.2, -0.15) is 0 Å². The maximum atomic E-state index is 11.4. The van der Waals surface area contributed by atoms with E-state index in [4.69, 9.17) is 0 Å². The summed E-state index contributed by atoms with van der Waals surface area (Å²) in [6.45, 7) is 3.93. The number of ether oxygens (including phenoxy) is 1. The Morgan fingerprint density at radius 1 is 1.56 bits per heavy atom.